The van der Waals surface area contributed by atoms with Gasteiger partial charge in [-0.3, -0.25) is 0 Å². The third kappa shape index (κ3) is 2.15. The molecular weight excluding hydrogens is 159 g/mol. The zero-order valence-corrected chi connectivity index (χ0v) is 7.14. The summed E-state index contributed by atoms with van der Waals surface area (Å²) in [7, 11) is 0. The monoisotopic (exact) mass is 168 g/mol. The topological polar surface area (TPSA) is 24.9 Å². The van der Waals surface area contributed by atoms with Crippen LogP contribution in [0.5, 0.6) is 0 Å². The molecule has 0 fully saturated rings. The first kappa shape index (κ1) is 7.99. The van der Waals surface area contributed by atoms with E-state index in [-0.39, 0.29) is 0 Å². The van der Waals surface area contributed by atoms with Crippen LogP contribution in [0.15, 0.2) is 48.7 Å². The molecule has 0 aliphatic heterocycles. The van der Waals surface area contributed by atoms with E-state index in [9.17, 15) is 0 Å². The van der Waals surface area contributed by atoms with Gasteiger partial charge in [0.05, 0.1) is 0 Å². The van der Waals surface area contributed by atoms with Crippen molar-refractivity contribution in [3.8, 4) is 0 Å². The Morgan fingerprint density at radius 3 is 2.69 bits per heavy atom. The number of rotatable bonds is 2. The predicted octanol–water partition coefficient (Wildman–Crippen LogP) is 2.16. The zero-order valence-electron chi connectivity index (χ0n) is 7.14. The predicted molar refractivity (Wildman–Crippen MR) is 55.3 cm³/mol. The van der Waals surface area contributed by atoms with Gasteiger partial charge in [-0.15, -0.1) is 0 Å². The molecule has 1 aromatic carbocycles. The number of aromatic nitrogens is 1. The summed E-state index contributed by atoms with van der Waals surface area (Å²) in [5, 5.41) is 3.24. The van der Waals surface area contributed by atoms with Crippen molar-refractivity contribution in [2.75, 3.05) is 5.32 Å². The first-order valence-corrected chi connectivity index (χ1v) is 4.17. The SMILES string of the molecule is b1ccncc1Nc1ccccc1. The van der Waals surface area contributed by atoms with E-state index in [4.69, 9.17) is 0 Å². The molecule has 1 heterocycles. The van der Waals surface area contributed by atoms with Gasteiger partial charge in [0.1, 0.15) is 0 Å². The van der Waals surface area contributed by atoms with Crippen LogP contribution in [0.25, 0.3) is 0 Å². The van der Waals surface area contributed by atoms with Crippen molar-refractivity contribution >= 4 is 18.2 Å². The number of hydrogen-bond acceptors (Lipinski definition) is 2. The fraction of sp³-hybridized carbons (Fsp3) is 0. The number of benzene rings is 1. The average Bonchev–Trinajstić information content (AvgIpc) is 2.21. The molecule has 2 rings (SSSR count). The molecule has 0 amide bonds. The van der Waals surface area contributed by atoms with Gasteiger partial charge in [0, 0.05) is 0 Å². The summed E-state index contributed by atoms with van der Waals surface area (Å²) >= 11 is 0. The van der Waals surface area contributed by atoms with Gasteiger partial charge in [-0.1, -0.05) is 0 Å². The Balaban J connectivity index is 2.16. The molecule has 0 spiro atoms. The summed E-state index contributed by atoms with van der Waals surface area (Å²) in [5.41, 5.74) is 2.09. The van der Waals surface area contributed by atoms with E-state index in [0.29, 0.717) is 0 Å². The van der Waals surface area contributed by atoms with Crippen molar-refractivity contribution < 1.29 is 0 Å². The zero-order chi connectivity index (χ0) is 8.93. The van der Waals surface area contributed by atoms with E-state index in [2.05, 4.69) is 10.3 Å². The fourth-order valence-corrected chi connectivity index (χ4v) is 1.12. The molecule has 0 aliphatic carbocycles. The Hall–Kier alpha value is -1.64. The van der Waals surface area contributed by atoms with Crippen LogP contribution in [0, 0.1) is 0 Å². The maximum absolute atomic E-state index is 4.02. The van der Waals surface area contributed by atoms with Crippen LogP contribution < -0.4 is 5.32 Å². The van der Waals surface area contributed by atoms with Crippen LogP contribution in [0.3, 0.4) is 0 Å². The Morgan fingerprint density at radius 2 is 2.00 bits per heavy atom. The first-order valence-electron chi connectivity index (χ1n) is 4.17. The Labute approximate surface area is 77.9 Å². The molecule has 13 heavy (non-hydrogen) atoms. The summed E-state index contributed by atoms with van der Waals surface area (Å²) in [5.74, 6) is 1.91. The molecule has 0 radical (unpaired) electrons. The molecule has 0 aliphatic rings. The van der Waals surface area contributed by atoms with Gasteiger partial charge in [-0.05, 0) is 0 Å². The van der Waals surface area contributed by atoms with Gasteiger partial charge in [0.25, 0.3) is 0 Å². The van der Waals surface area contributed by atoms with Crippen LogP contribution in [-0.2, 0) is 0 Å². The summed E-state index contributed by atoms with van der Waals surface area (Å²) in [6.07, 6.45) is 3.56. The standard InChI is InChI=1S/C10H9BN2/c1-2-4-9(5-3-1)13-10-8-12-7-6-11-10/h1-8,13H. The molecule has 62 valence electrons. The summed E-state index contributed by atoms with van der Waals surface area (Å²) < 4.78 is 0. The van der Waals surface area contributed by atoms with E-state index in [1.54, 1.807) is 12.4 Å². The second-order valence-electron chi connectivity index (χ2n) is 2.73. The molecule has 0 atom stereocenters. The van der Waals surface area contributed by atoms with Crippen molar-refractivity contribution in [2.45, 2.75) is 0 Å². The summed E-state index contributed by atoms with van der Waals surface area (Å²) in [6, 6.07) is 10.0. The van der Waals surface area contributed by atoms with Gasteiger partial charge in [-0.25, -0.2) is 0 Å². The van der Waals surface area contributed by atoms with Crippen LogP contribution in [0.2, 0.25) is 0 Å². The fourth-order valence-electron chi connectivity index (χ4n) is 1.12. The minimum absolute atomic E-state index is 1.01. The molecule has 0 saturated heterocycles. The van der Waals surface area contributed by atoms with Crippen molar-refractivity contribution in [3.63, 3.8) is 0 Å². The van der Waals surface area contributed by atoms with E-state index in [1.165, 1.54) is 0 Å². The molecule has 1 aromatic heterocycles. The van der Waals surface area contributed by atoms with Crippen molar-refractivity contribution in [3.05, 3.63) is 48.7 Å². The van der Waals surface area contributed by atoms with Gasteiger partial charge in [-0.2, -0.15) is 0 Å². The van der Waals surface area contributed by atoms with Gasteiger partial charge < -0.3 is 0 Å². The molecule has 0 unspecified atom stereocenters. The quantitative estimate of drug-likeness (QED) is 0.742. The van der Waals surface area contributed by atoms with Crippen LogP contribution in [0.4, 0.5) is 11.3 Å². The summed E-state index contributed by atoms with van der Waals surface area (Å²) in [6.45, 7) is 1.99. The summed E-state index contributed by atoms with van der Waals surface area (Å²) in [4.78, 5) is 4.02. The van der Waals surface area contributed by atoms with Crippen LogP contribution in [0.1, 0.15) is 0 Å². The maximum atomic E-state index is 4.02. The number of anilines is 2. The molecule has 3 heteroatoms. The van der Waals surface area contributed by atoms with Crippen molar-refractivity contribution in [1.82, 2.24) is 4.98 Å². The Bertz CT molecular complexity index is 324. The third-order valence-corrected chi connectivity index (χ3v) is 1.72. The number of nitrogens with zero attached hydrogens (tertiary/aromatic N) is 1. The van der Waals surface area contributed by atoms with Gasteiger partial charge >= 0.3 is 77.2 Å². The first-order chi connectivity index (χ1) is 6.45. The minimum atomic E-state index is 1.01. The second kappa shape index (κ2) is 3.85. The van der Waals surface area contributed by atoms with E-state index in [1.807, 2.05) is 43.2 Å². The number of hydrogen-bond donors (Lipinski definition) is 1. The normalized spacial score (nSPS) is 9.23. The number of nitrogens with one attached hydrogen (secondary N) is 1. The molecule has 2 nitrogen and oxygen atoms in total. The molecule has 0 bridgehead atoms. The van der Waals surface area contributed by atoms with E-state index in [0.717, 1.165) is 11.3 Å². The average molecular weight is 168 g/mol. The van der Waals surface area contributed by atoms with E-state index >= 15 is 0 Å². The van der Waals surface area contributed by atoms with Crippen molar-refractivity contribution in [1.29, 1.82) is 0 Å². The Morgan fingerprint density at radius 1 is 1.15 bits per heavy atom. The molecule has 0 saturated carbocycles. The molecular formula is C10H9BN2. The Kier molecular flexibility index (Phi) is 2.37. The second-order valence-corrected chi connectivity index (χ2v) is 2.73. The molecule has 2 aromatic rings. The van der Waals surface area contributed by atoms with Gasteiger partial charge in [0.2, 0.25) is 0 Å². The molecule has 1 N–H and O–H groups in total. The van der Waals surface area contributed by atoms with E-state index < -0.39 is 0 Å². The third-order valence-electron chi connectivity index (χ3n) is 1.72. The van der Waals surface area contributed by atoms with Crippen LogP contribution in [-0.4, -0.2) is 11.9 Å². The van der Waals surface area contributed by atoms with Crippen LogP contribution >= 0.6 is 0 Å². The number of para-hydroxylation sites is 1. The van der Waals surface area contributed by atoms with Gasteiger partial charge in [0.15, 0.2) is 0 Å². The van der Waals surface area contributed by atoms with Crippen molar-refractivity contribution in [2.24, 2.45) is 0 Å².